The molecule has 2 heteroatoms. The van der Waals surface area contributed by atoms with E-state index < -0.39 is 0 Å². The van der Waals surface area contributed by atoms with Gasteiger partial charge in [0, 0.05) is 6.04 Å². The number of rotatable bonds is 5. The Morgan fingerprint density at radius 3 is 2.61 bits per heavy atom. The van der Waals surface area contributed by atoms with Crippen LogP contribution in [0.5, 0.6) is 0 Å². The third-order valence-electron chi connectivity index (χ3n) is 3.83. The summed E-state index contributed by atoms with van der Waals surface area (Å²) in [5.41, 5.74) is 1.35. The molecule has 1 N–H and O–H groups in total. The zero-order valence-corrected chi connectivity index (χ0v) is 11.7. The van der Waals surface area contributed by atoms with Gasteiger partial charge in [0.1, 0.15) is 5.82 Å². The third-order valence-corrected chi connectivity index (χ3v) is 3.83. The number of nitrogens with one attached hydrogen (secondary N) is 1. The lowest BCUT2D eigenvalue weighted by Gasteiger charge is -2.31. The summed E-state index contributed by atoms with van der Waals surface area (Å²) in [7, 11) is 0. The summed E-state index contributed by atoms with van der Waals surface area (Å²) in [6.45, 7) is 7.84. The van der Waals surface area contributed by atoms with Gasteiger partial charge < -0.3 is 5.32 Å². The van der Waals surface area contributed by atoms with E-state index >= 15 is 0 Å². The Bertz CT molecular complexity index is 390. The van der Waals surface area contributed by atoms with Gasteiger partial charge in [0.25, 0.3) is 0 Å². The number of hydrogen-bond acceptors (Lipinski definition) is 1. The minimum absolute atomic E-state index is 0.129. The molecule has 0 spiro atoms. The van der Waals surface area contributed by atoms with Gasteiger partial charge in [-0.25, -0.2) is 4.39 Å². The summed E-state index contributed by atoms with van der Waals surface area (Å²) >= 11 is 0. The minimum atomic E-state index is -0.129. The Hall–Kier alpha value is -0.890. The van der Waals surface area contributed by atoms with Crippen molar-refractivity contribution in [1.82, 2.24) is 5.32 Å². The number of benzene rings is 1. The average molecular weight is 249 g/mol. The van der Waals surface area contributed by atoms with Crippen molar-refractivity contribution >= 4 is 0 Å². The first-order chi connectivity index (χ1) is 8.45. The van der Waals surface area contributed by atoms with Crippen LogP contribution < -0.4 is 5.32 Å². The highest BCUT2D eigenvalue weighted by Gasteiger charge is 2.28. The quantitative estimate of drug-likeness (QED) is 0.837. The fourth-order valence-corrected chi connectivity index (χ4v) is 2.23. The van der Waals surface area contributed by atoms with Crippen LogP contribution in [0.25, 0.3) is 0 Å². The zero-order chi connectivity index (χ0) is 13.2. The summed E-state index contributed by atoms with van der Waals surface area (Å²) in [5, 5.41) is 3.60. The molecule has 1 aliphatic carbocycles. The van der Waals surface area contributed by atoms with Crippen molar-refractivity contribution in [2.24, 2.45) is 11.3 Å². The normalized spacial score (nSPS) is 17.8. The van der Waals surface area contributed by atoms with Crippen molar-refractivity contribution in [3.8, 4) is 0 Å². The van der Waals surface area contributed by atoms with Crippen LogP contribution in [0.2, 0.25) is 0 Å². The zero-order valence-electron chi connectivity index (χ0n) is 11.7. The smallest absolute Gasteiger partial charge is 0.123 e. The molecular weight excluding hydrogens is 225 g/mol. The van der Waals surface area contributed by atoms with E-state index in [0.29, 0.717) is 5.92 Å². The number of halogens is 1. The molecule has 0 saturated heterocycles. The van der Waals surface area contributed by atoms with Crippen molar-refractivity contribution in [3.05, 3.63) is 35.6 Å². The van der Waals surface area contributed by atoms with Crippen molar-refractivity contribution in [3.63, 3.8) is 0 Å². The molecule has 1 atom stereocenters. The summed E-state index contributed by atoms with van der Waals surface area (Å²) in [6.07, 6.45) is 3.58. The molecule has 0 radical (unpaired) electrons. The van der Waals surface area contributed by atoms with Gasteiger partial charge >= 0.3 is 0 Å². The van der Waals surface area contributed by atoms with Crippen molar-refractivity contribution in [1.29, 1.82) is 0 Å². The van der Waals surface area contributed by atoms with Gasteiger partial charge in [-0.15, -0.1) is 0 Å². The Balaban J connectivity index is 1.99. The van der Waals surface area contributed by atoms with E-state index in [-0.39, 0.29) is 11.2 Å². The second kappa shape index (κ2) is 5.40. The maximum absolute atomic E-state index is 13.2. The SMILES string of the molecule is CC(C)(C)C(CNC1CC1)Cc1cccc(F)c1. The van der Waals surface area contributed by atoms with Gasteiger partial charge in [0.05, 0.1) is 0 Å². The van der Waals surface area contributed by atoms with E-state index in [1.54, 1.807) is 12.1 Å². The summed E-state index contributed by atoms with van der Waals surface area (Å²) in [4.78, 5) is 0. The lowest BCUT2D eigenvalue weighted by molar-refractivity contribution is 0.230. The van der Waals surface area contributed by atoms with Crippen LogP contribution in [0.4, 0.5) is 4.39 Å². The van der Waals surface area contributed by atoms with Gasteiger partial charge in [0.15, 0.2) is 0 Å². The molecular formula is C16H24FN. The van der Waals surface area contributed by atoms with Crippen LogP contribution in [-0.2, 0) is 6.42 Å². The maximum atomic E-state index is 13.2. The molecule has 1 unspecified atom stereocenters. The van der Waals surface area contributed by atoms with Crippen molar-refractivity contribution in [2.45, 2.75) is 46.1 Å². The molecule has 1 nitrogen and oxygen atoms in total. The molecule has 1 aliphatic rings. The van der Waals surface area contributed by atoms with Crippen molar-refractivity contribution < 1.29 is 4.39 Å². The maximum Gasteiger partial charge on any atom is 0.123 e. The molecule has 1 aromatic rings. The first kappa shape index (κ1) is 13.5. The molecule has 0 aliphatic heterocycles. The van der Waals surface area contributed by atoms with Gasteiger partial charge in [0.2, 0.25) is 0 Å². The fraction of sp³-hybridized carbons (Fsp3) is 0.625. The molecule has 100 valence electrons. The molecule has 1 saturated carbocycles. The minimum Gasteiger partial charge on any atom is -0.314 e. The van der Waals surface area contributed by atoms with E-state index in [4.69, 9.17) is 0 Å². The predicted molar refractivity (Wildman–Crippen MR) is 74.1 cm³/mol. The van der Waals surface area contributed by atoms with Gasteiger partial charge in [-0.2, -0.15) is 0 Å². The third kappa shape index (κ3) is 4.09. The Morgan fingerprint density at radius 2 is 2.06 bits per heavy atom. The van der Waals surface area contributed by atoms with Crippen LogP contribution in [0.15, 0.2) is 24.3 Å². The molecule has 0 heterocycles. The van der Waals surface area contributed by atoms with E-state index in [1.165, 1.54) is 18.9 Å². The molecule has 18 heavy (non-hydrogen) atoms. The molecule has 1 fully saturated rings. The van der Waals surface area contributed by atoms with E-state index in [1.807, 2.05) is 6.07 Å². The molecule has 0 amide bonds. The van der Waals surface area contributed by atoms with Crippen LogP contribution >= 0.6 is 0 Å². The molecule has 2 rings (SSSR count). The Kier molecular flexibility index (Phi) is 4.06. The summed E-state index contributed by atoms with van der Waals surface area (Å²) in [5.74, 6) is 0.412. The fourth-order valence-electron chi connectivity index (χ4n) is 2.23. The molecule has 0 aromatic heterocycles. The van der Waals surface area contributed by atoms with Crippen molar-refractivity contribution in [2.75, 3.05) is 6.54 Å². The van der Waals surface area contributed by atoms with Crippen LogP contribution in [-0.4, -0.2) is 12.6 Å². The first-order valence-corrected chi connectivity index (χ1v) is 6.93. The Morgan fingerprint density at radius 1 is 1.33 bits per heavy atom. The predicted octanol–water partition coefficient (Wildman–Crippen LogP) is 3.78. The number of hydrogen-bond donors (Lipinski definition) is 1. The second-order valence-electron chi connectivity index (χ2n) is 6.58. The monoisotopic (exact) mass is 249 g/mol. The van der Waals surface area contributed by atoms with E-state index in [2.05, 4.69) is 26.1 Å². The second-order valence-corrected chi connectivity index (χ2v) is 6.58. The Labute approximate surface area is 110 Å². The standard InChI is InChI=1S/C16H24FN/c1-16(2,3)13(11-18-15-7-8-15)9-12-5-4-6-14(17)10-12/h4-6,10,13,15,18H,7-9,11H2,1-3H3. The highest BCUT2D eigenvalue weighted by molar-refractivity contribution is 5.17. The molecule has 1 aromatic carbocycles. The topological polar surface area (TPSA) is 12.0 Å². The largest absolute Gasteiger partial charge is 0.314 e. The van der Waals surface area contributed by atoms with Gasteiger partial charge in [-0.1, -0.05) is 32.9 Å². The lowest BCUT2D eigenvalue weighted by Crippen LogP contribution is -2.34. The summed E-state index contributed by atoms with van der Waals surface area (Å²) in [6, 6.07) is 7.74. The summed E-state index contributed by atoms with van der Waals surface area (Å²) < 4.78 is 13.2. The van der Waals surface area contributed by atoms with E-state index in [0.717, 1.165) is 24.6 Å². The average Bonchev–Trinajstić information content (AvgIpc) is 3.06. The van der Waals surface area contributed by atoms with Gasteiger partial charge in [-0.05, 0) is 54.8 Å². The highest BCUT2D eigenvalue weighted by atomic mass is 19.1. The lowest BCUT2D eigenvalue weighted by atomic mass is 9.77. The first-order valence-electron chi connectivity index (χ1n) is 6.93. The van der Waals surface area contributed by atoms with Crippen LogP contribution in [0.1, 0.15) is 39.2 Å². The van der Waals surface area contributed by atoms with Crippen LogP contribution in [0.3, 0.4) is 0 Å². The van der Waals surface area contributed by atoms with Gasteiger partial charge in [-0.3, -0.25) is 0 Å². The highest BCUT2D eigenvalue weighted by Crippen LogP contribution is 2.30. The van der Waals surface area contributed by atoms with Crippen LogP contribution in [0, 0.1) is 17.2 Å². The van der Waals surface area contributed by atoms with E-state index in [9.17, 15) is 4.39 Å². The molecule has 0 bridgehead atoms.